The molecule has 0 bridgehead atoms. The van der Waals surface area contributed by atoms with E-state index in [1.54, 1.807) is 24.3 Å². The first-order valence-electron chi connectivity index (χ1n) is 4.74. The first kappa shape index (κ1) is 13.1. The van der Waals surface area contributed by atoms with Gasteiger partial charge in [0.2, 0.25) is 5.78 Å². The number of rotatable bonds is 2. The number of hydrogen-bond acceptors (Lipinski definition) is 2. The summed E-state index contributed by atoms with van der Waals surface area (Å²) >= 11 is 16.4. The molecular weight excluding hydrogens is 343 g/mol. The number of aryl methyl sites for hydroxylation is 1. The molecule has 1 aromatic carbocycles. The Balaban J connectivity index is 2.40. The molecule has 2 rings (SSSR count). The van der Waals surface area contributed by atoms with E-state index >= 15 is 0 Å². The number of halogens is 3. The lowest BCUT2D eigenvalue weighted by Crippen LogP contribution is -1.98. The summed E-state index contributed by atoms with van der Waals surface area (Å²) in [4.78, 5) is 12.8. The maximum atomic E-state index is 12.2. The highest BCUT2D eigenvalue weighted by molar-refractivity contribution is 9.10. The molecule has 17 heavy (non-hydrogen) atoms. The van der Waals surface area contributed by atoms with Gasteiger partial charge in [0, 0.05) is 15.1 Å². The fraction of sp³-hybridized carbons (Fsp3) is 0.0833. The van der Waals surface area contributed by atoms with E-state index < -0.39 is 0 Å². The SMILES string of the molecule is Cc1cc(C(=O)c2cc(Br)c(Cl)s2)ccc1Cl. The van der Waals surface area contributed by atoms with Gasteiger partial charge in [0.1, 0.15) is 4.34 Å². The Morgan fingerprint density at radius 1 is 1.29 bits per heavy atom. The van der Waals surface area contributed by atoms with Gasteiger partial charge in [0.15, 0.2) is 0 Å². The maximum absolute atomic E-state index is 12.2. The lowest BCUT2D eigenvalue weighted by atomic mass is 10.1. The van der Waals surface area contributed by atoms with E-state index in [0.717, 1.165) is 10.0 Å². The molecule has 1 nitrogen and oxygen atoms in total. The zero-order valence-electron chi connectivity index (χ0n) is 8.76. The number of ketones is 1. The predicted molar refractivity (Wildman–Crippen MR) is 76.7 cm³/mol. The fourth-order valence-electron chi connectivity index (χ4n) is 1.39. The van der Waals surface area contributed by atoms with Crippen molar-refractivity contribution in [2.45, 2.75) is 6.92 Å². The van der Waals surface area contributed by atoms with Crippen LogP contribution in [0.15, 0.2) is 28.7 Å². The topological polar surface area (TPSA) is 17.1 Å². The Morgan fingerprint density at radius 3 is 2.53 bits per heavy atom. The number of benzene rings is 1. The highest BCUT2D eigenvalue weighted by atomic mass is 79.9. The van der Waals surface area contributed by atoms with E-state index in [1.165, 1.54) is 11.3 Å². The van der Waals surface area contributed by atoms with Gasteiger partial charge >= 0.3 is 0 Å². The standard InChI is InChI=1S/C12H7BrCl2OS/c1-6-4-7(2-3-9(6)14)11(16)10-5-8(13)12(15)17-10/h2-5H,1H3. The number of carbonyl (C=O) groups excluding carboxylic acids is 1. The molecule has 0 spiro atoms. The molecule has 5 heteroatoms. The molecule has 0 aliphatic carbocycles. The maximum Gasteiger partial charge on any atom is 0.203 e. The molecule has 0 fully saturated rings. The second-order valence-corrected chi connectivity index (χ2v) is 6.44. The average Bonchev–Trinajstić information content (AvgIpc) is 2.62. The van der Waals surface area contributed by atoms with Crippen LogP contribution in [0.2, 0.25) is 9.36 Å². The second kappa shape index (κ2) is 5.11. The minimum atomic E-state index is -0.0395. The summed E-state index contributed by atoms with van der Waals surface area (Å²) in [6, 6.07) is 6.97. The van der Waals surface area contributed by atoms with E-state index in [2.05, 4.69) is 15.9 Å². The van der Waals surface area contributed by atoms with Crippen molar-refractivity contribution in [3.63, 3.8) is 0 Å². The molecule has 0 amide bonds. The van der Waals surface area contributed by atoms with Gasteiger partial charge in [-0.1, -0.05) is 23.2 Å². The fourth-order valence-corrected chi connectivity index (χ4v) is 3.17. The third kappa shape index (κ3) is 2.74. The lowest BCUT2D eigenvalue weighted by Gasteiger charge is -2.01. The van der Waals surface area contributed by atoms with Crippen LogP contribution in [0.1, 0.15) is 20.8 Å². The summed E-state index contributed by atoms with van der Waals surface area (Å²) < 4.78 is 1.33. The van der Waals surface area contributed by atoms with Crippen molar-refractivity contribution >= 4 is 56.3 Å². The van der Waals surface area contributed by atoms with Crippen molar-refractivity contribution in [1.82, 2.24) is 0 Å². The van der Waals surface area contributed by atoms with E-state index in [0.29, 0.717) is 19.8 Å². The van der Waals surface area contributed by atoms with Crippen LogP contribution in [0.3, 0.4) is 0 Å². The molecule has 0 aliphatic rings. The van der Waals surface area contributed by atoms with Crippen molar-refractivity contribution in [3.8, 4) is 0 Å². The average molecular weight is 350 g/mol. The molecule has 0 atom stereocenters. The largest absolute Gasteiger partial charge is 0.288 e. The van der Waals surface area contributed by atoms with Crippen LogP contribution >= 0.6 is 50.5 Å². The third-order valence-electron chi connectivity index (χ3n) is 2.29. The van der Waals surface area contributed by atoms with Crippen molar-refractivity contribution in [3.05, 3.63) is 54.1 Å². The smallest absolute Gasteiger partial charge is 0.203 e. The predicted octanol–water partition coefficient (Wildman–Crippen LogP) is 5.36. The highest BCUT2D eigenvalue weighted by Crippen LogP contribution is 2.33. The quantitative estimate of drug-likeness (QED) is 0.667. The number of carbonyl (C=O) groups is 1. The van der Waals surface area contributed by atoms with E-state index in [-0.39, 0.29) is 5.78 Å². The molecule has 0 radical (unpaired) electrons. The van der Waals surface area contributed by atoms with Crippen LogP contribution in [0.25, 0.3) is 0 Å². The summed E-state index contributed by atoms with van der Waals surface area (Å²) in [7, 11) is 0. The van der Waals surface area contributed by atoms with Crippen LogP contribution in [0.4, 0.5) is 0 Å². The molecule has 88 valence electrons. The van der Waals surface area contributed by atoms with Crippen LogP contribution in [-0.2, 0) is 0 Å². The van der Waals surface area contributed by atoms with Crippen molar-refractivity contribution < 1.29 is 4.79 Å². The highest BCUT2D eigenvalue weighted by Gasteiger charge is 2.14. The van der Waals surface area contributed by atoms with E-state index in [4.69, 9.17) is 23.2 Å². The van der Waals surface area contributed by atoms with Gasteiger partial charge in [0.25, 0.3) is 0 Å². The summed E-state index contributed by atoms with van der Waals surface area (Å²) in [6.07, 6.45) is 0. The first-order valence-corrected chi connectivity index (χ1v) is 7.11. The molecular formula is C12H7BrCl2OS. The molecule has 1 aromatic heterocycles. The van der Waals surface area contributed by atoms with Crippen LogP contribution in [0.5, 0.6) is 0 Å². The van der Waals surface area contributed by atoms with Crippen molar-refractivity contribution in [1.29, 1.82) is 0 Å². The Morgan fingerprint density at radius 2 is 2.00 bits per heavy atom. The van der Waals surface area contributed by atoms with Crippen molar-refractivity contribution in [2.24, 2.45) is 0 Å². The lowest BCUT2D eigenvalue weighted by molar-refractivity contribution is 0.104. The molecule has 0 unspecified atom stereocenters. The Hall–Kier alpha value is -0.350. The van der Waals surface area contributed by atoms with Gasteiger partial charge in [-0.2, -0.15) is 0 Å². The molecule has 1 heterocycles. The summed E-state index contributed by atoms with van der Waals surface area (Å²) in [5.41, 5.74) is 1.51. The second-order valence-electron chi connectivity index (χ2n) is 3.53. The van der Waals surface area contributed by atoms with Crippen LogP contribution < -0.4 is 0 Å². The third-order valence-corrected chi connectivity index (χ3v) is 5.19. The minimum Gasteiger partial charge on any atom is -0.288 e. The zero-order chi connectivity index (χ0) is 12.6. The molecule has 0 aliphatic heterocycles. The van der Waals surface area contributed by atoms with Crippen LogP contribution in [-0.4, -0.2) is 5.78 Å². The van der Waals surface area contributed by atoms with Gasteiger partial charge in [0.05, 0.1) is 4.88 Å². The normalized spacial score (nSPS) is 10.6. The molecule has 0 saturated heterocycles. The minimum absolute atomic E-state index is 0.0395. The van der Waals surface area contributed by atoms with Crippen molar-refractivity contribution in [2.75, 3.05) is 0 Å². The molecule has 2 aromatic rings. The first-order chi connectivity index (χ1) is 7.99. The van der Waals surface area contributed by atoms with Gasteiger partial charge in [-0.3, -0.25) is 4.79 Å². The monoisotopic (exact) mass is 348 g/mol. The van der Waals surface area contributed by atoms with Gasteiger partial charge < -0.3 is 0 Å². The Bertz CT molecular complexity index is 573. The Labute approximate surface area is 121 Å². The van der Waals surface area contributed by atoms with E-state index in [9.17, 15) is 4.79 Å². The summed E-state index contributed by atoms with van der Waals surface area (Å²) in [6.45, 7) is 1.87. The molecule has 0 saturated carbocycles. The summed E-state index contributed by atoms with van der Waals surface area (Å²) in [5.74, 6) is -0.0395. The Kier molecular flexibility index (Phi) is 3.93. The summed E-state index contributed by atoms with van der Waals surface area (Å²) in [5, 5.41) is 0.659. The zero-order valence-corrected chi connectivity index (χ0v) is 12.7. The number of thiophene rings is 1. The molecule has 0 N–H and O–H groups in total. The van der Waals surface area contributed by atoms with E-state index in [1.807, 2.05) is 6.92 Å². The van der Waals surface area contributed by atoms with Crippen LogP contribution in [0, 0.1) is 6.92 Å². The number of hydrogen-bond donors (Lipinski definition) is 0. The van der Waals surface area contributed by atoms with Gasteiger partial charge in [-0.15, -0.1) is 11.3 Å². The van der Waals surface area contributed by atoms with Gasteiger partial charge in [-0.25, -0.2) is 0 Å². The van der Waals surface area contributed by atoms with Gasteiger partial charge in [-0.05, 0) is 52.7 Å².